The molecule has 1 aromatic rings. The van der Waals surface area contributed by atoms with Gasteiger partial charge in [0.05, 0.1) is 0 Å². The van der Waals surface area contributed by atoms with Gasteiger partial charge in [-0.25, -0.2) is 4.39 Å². The molecule has 18 heavy (non-hydrogen) atoms. The van der Waals surface area contributed by atoms with Crippen molar-refractivity contribution in [2.75, 3.05) is 11.9 Å². The highest BCUT2D eigenvalue weighted by molar-refractivity contribution is 9.10. The molecule has 4 heteroatoms. The summed E-state index contributed by atoms with van der Waals surface area (Å²) in [5, 5.41) is 0.944. The number of rotatable bonds is 7. The van der Waals surface area contributed by atoms with Gasteiger partial charge in [-0.3, -0.25) is 4.90 Å². The zero-order chi connectivity index (χ0) is 13.5. The second kappa shape index (κ2) is 8.28. The molecule has 0 heterocycles. The van der Waals surface area contributed by atoms with E-state index in [9.17, 15) is 4.39 Å². The quantitative estimate of drug-likeness (QED) is 0.603. The first-order valence-corrected chi connectivity index (χ1v) is 8.27. The van der Waals surface area contributed by atoms with Crippen molar-refractivity contribution in [3.63, 3.8) is 0 Å². The SMILES string of the molecule is CCC(CC)N(CCBr)Cc1cc(F)cc(Br)c1. The van der Waals surface area contributed by atoms with E-state index >= 15 is 0 Å². The second-order valence-electron chi connectivity index (χ2n) is 4.41. The van der Waals surface area contributed by atoms with Crippen molar-refractivity contribution in [1.82, 2.24) is 4.90 Å². The maximum absolute atomic E-state index is 13.4. The molecule has 1 aromatic carbocycles. The summed E-state index contributed by atoms with van der Waals surface area (Å²) in [5.74, 6) is -0.178. The lowest BCUT2D eigenvalue weighted by Gasteiger charge is -2.30. The van der Waals surface area contributed by atoms with Gasteiger partial charge in [-0.05, 0) is 36.6 Å². The molecule has 1 nitrogen and oxygen atoms in total. The number of alkyl halides is 1. The number of nitrogens with zero attached hydrogens (tertiary/aromatic N) is 1. The van der Waals surface area contributed by atoms with Gasteiger partial charge in [-0.2, -0.15) is 0 Å². The molecule has 0 amide bonds. The first-order valence-electron chi connectivity index (χ1n) is 6.35. The van der Waals surface area contributed by atoms with Crippen molar-refractivity contribution >= 4 is 31.9 Å². The van der Waals surface area contributed by atoms with Crippen LogP contribution in [0.4, 0.5) is 4.39 Å². The Morgan fingerprint density at radius 1 is 1.22 bits per heavy atom. The Kier molecular flexibility index (Phi) is 7.42. The van der Waals surface area contributed by atoms with Crippen molar-refractivity contribution in [3.05, 3.63) is 34.1 Å². The van der Waals surface area contributed by atoms with Gasteiger partial charge in [0.2, 0.25) is 0 Å². The molecule has 102 valence electrons. The first-order chi connectivity index (χ1) is 8.60. The Hall–Kier alpha value is 0.0700. The molecule has 0 radical (unpaired) electrons. The molecule has 0 spiro atoms. The molecule has 0 unspecified atom stereocenters. The Morgan fingerprint density at radius 2 is 1.89 bits per heavy atom. The van der Waals surface area contributed by atoms with Gasteiger partial charge in [0, 0.05) is 28.9 Å². The van der Waals surface area contributed by atoms with Crippen molar-refractivity contribution < 1.29 is 4.39 Å². The molecular weight excluding hydrogens is 361 g/mol. The molecule has 0 atom stereocenters. The predicted molar refractivity (Wildman–Crippen MR) is 82.7 cm³/mol. The Balaban J connectivity index is 2.81. The van der Waals surface area contributed by atoms with E-state index in [1.807, 2.05) is 6.07 Å². The van der Waals surface area contributed by atoms with Gasteiger partial charge in [0.15, 0.2) is 0 Å². The smallest absolute Gasteiger partial charge is 0.124 e. The van der Waals surface area contributed by atoms with E-state index in [1.165, 1.54) is 6.07 Å². The fourth-order valence-electron chi connectivity index (χ4n) is 2.24. The fraction of sp³-hybridized carbons (Fsp3) is 0.571. The molecule has 0 aliphatic carbocycles. The van der Waals surface area contributed by atoms with Crippen LogP contribution in [0.15, 0.2) is 22.7 Å². The van der Waals surface area contributed by atoms with E-state index in [-0.39, 0.29) is 5.82 Å². The third kappa shape index (κ3) is 4.98. The minimum absolute atomic E-state index is 0.178. The van der Waals surface area contributed by atoms with Crippen molar-refractivity contribution in [2.45, 2.75) is 39.3 Å². The molecule has 0 aliphatic rings. The molecule has 1 rings (SSSR count). The Morgan fingerprint density at radius 3 is 2.39 bits per heavy atom. The Bertz CT molecular complexity index is 347. The van der Waals surface area contributed by atoms with Crippen LogP contribution in [-0.2, 0) is 6.54 Å². The van der Waals surface area contributed by atoms with E-state index in [4.69, 9.17) is 0 Å². The van der Waals surface area contributed by atoms with Crippen LogP contribution >= 0.6 is 31.9 Å². The average Bonchev–Trinajstić information content (AvgIpc) is 2.29. The maximum Gasteiger partial charge on any atom is 0.124 e. The normalized spacial score (nSPS) is 11.5. The lowest BCUT2D eigenvalue weighted by molar-refractivity contribution is 0.189. The summed E-state index contributed by atoms with van der Waals surface area (Å²) in [6.45, 7) is 6.20. The van der Waals surface area contributed by atoms with Crippen molar-refractivity contribution in [2.24, 2.45) is 0 Å². The van der Waals surface area contributed by atoms with Crippen LogP contribution in [0, 0.1) is 5.82 Å². The summed E-state index contributed by atoms with van der Waals surface area (Å²) in [4.78, 5) is 2.41. The van der Waals surface area contributed by atoms with Gasteiger partial charge in [-0.1, -0.05) is 45.7 Å². The lowest BCUT2D eigenvalue weighted by Crippen LogP contribution is -2.35. The standard InChI is InChI=1S/C14H20Br2FN/c1-3-14(4-2)18(6-5-15)10-11-7-12(16)9-13(17)8-11/h7-9,14H,3-6,10H2,1-2H3. The number of hydrogen-bond donors (Lipinski definition) is 0. The summed E-state index contributed by atoms with van der Waals surface area (Å²) in [6.07, 6.45) is 2.25. The summed E-state index contributed by atoms with van der Waals surface area (Å²) in [5.41, 5.74) is 1.02. The van der Waals surface area contributed by atoms with E-state index < -0.39 is 0 Å². The van der Waals surface area contributed by atoms with Gasteiger partial charge in [0.25, 0.3) is 0 Å². The van der Waals surface area contributed by atoms with Crippen LogP contribution in [0.3, 0.4) is 0 Å². The number of hydrogen-bond acceptors (Lipinski definition) is 1. The average molecular weight is 381 g/mol. The van der Waals surface area contributed by atoms with E-state index in [0.717, 1.165) is 41.3 Å². The van der Waals surface area contributed by atoms with Gasteiger partial charge < -0.3 is 0 Å². The topological polar surface area (TPSA) is 3.24 Å². The minimum Gasteiger partial charge on any atom is -0.295 e. The minimum atomic E-state index is -0.178. The van der Waals surface area contributed by atoms with Crippen LogP contribution in [0.1, 0.15) is 32.3 Å². The zero-order valence-corrected chi connectivity index (χ0v) is 14.1. The molecule has 0 aromatic heterocycles. The molecule has 0 bridgehead atoms. The highest BCUT2D eigenvalue weighted by Crippen LogP contribution is 2.19. The summed E-state index contributed by atoms with van der Waals surface area (Å²) in [6, 6.07) is 5.67. The molecule has 0 aliphatic heterocycles. The van der Waals surface area contributed by atoms with E-state index in [1.54, 1.807) is 6.07 Å². The summed E-state index contributed by atoms with van der Waals surface area (Å²) >= 11 is 6.84. The third-order valence-electron chi connectivity index (χ3n) is 3.14. The fourth-order valence-corrected chi connectivity index (χ4v) is 3.21. The van der Waals surface area contributed by atoms with Gasteiger partial charge in [0.1, 0.15) is 5.82 Å². The molecular formula is C14H20Br2FN. The molecule has 0 saturated carbocycles. The van der Waals surface area contributed by atoms with Crippen LogP contribution in [0.2, 0.25) is 0 Å². The van der Waals surface area contributed by atoms with Gasteiger partial charge >= 0.3 is 0 Å². The van der Waals surface area contributed by atoms with Crippen molar-refractivity contribution in [1.29, 1.82) is 0 Å². The molecule has 0 N–H and O–H groups in total. The summed E-state index contributed by atoms with van der Waals surface area (Å²) in [7, 11) is 0. The van der Waals surface area contributed by atoms with E-state index in [2.05, 4.69) is 50.6 Å². The van der Waals surface area contributed by atoms with Crippen molar-refractivity contribution in [3.8, 4) is 0 Å². The molecule has 0 fully saturated rings. The maximum atomic E-state index is 13.4. The monoisotopic (exact) mass is 379 g/mol. The van der Waals surface area contributed by atoms with Crippen LogP contribution < -0.4 is 0 Å². The first kappa shape index (κ1) is 16.1. The van der Waals surface area contributed by atoms with Crippen LogP contribution in [0.5, 0.6) is 0 Å². The lowest BCUT2D eigenvalue weighted by atomic mass is 10.1. The van der Waals surface area contributed by atoms with Crippen LogP contribution in [0.25, 0.3) is 0 Å². The second-order valence-corrected chi connectivity index (χ2v) is 6.12. The summed E-state index contributed by atoms with van der Waals surface area (Å²) < 4.78 is 14.2. The highest BCUT2D eigenvalue weighted by atomic mass is 79.9. The number of halogens is 3. The predicted octanol–water partition coefficient (Wildman–Crippen LogP) is 4.97. The molecule has 0 saturated heterocycles. The van der Waals surface area contributed by atoms with Gasteiger partial charge in [-0.15, -0.1) is 0 Å². The zero-order valence-electron chi connectivity index (χ0n) is 10.9. The third-order valence-corrected chi connectivity index (χ3v) is 3.95. The highest BCUT2D eigenvalue weighted by Gasteiger charge is 2.15. The largest absolute Gasteiger partial charge is 0.295 e. The Labute approximate surface area is 126 Å². The number of benzene rings is 1. The van der Waals surface area contributed by atoms with E-state index in [0.29, 0.717) is 6.04 Å². The van der Waals surface area contributed by atoms with Crippen LogP contribution in [-0.4, -0.2) is 22.8 Å².